The number of methoxy groups -OCH3 is 2. The maximum atomic E-state index is 5.37. The van der Waals surface area contributed by atoms with Crippen LogP contribution in [0.4, 0.5) is 0 Å². The lowest BCUT2D eigenvalue weighted by molar-refractivity contribution is 0.354. The SMILES string of the molecule is CN=C(NCCCn1nc(C)cc1C)NCc1cc(OC)c(OC)cc1Br. The standard InChI is InChI=1S/C19H28BrN5O2/c1-13-9-14(2)25(24-13)8-6-7-22-19(21-3)23-12-15-10-17(26-4)18(27-5)11-16(15)20/h9-11H,6-8,12H2,1-5H3,(H2,21,22,23). The van der Waals surface area contributed by atoms with Crippen LogP contribution in [-0.2, 0) is 13.1 Å². The van der Waals surface area contributed by atoms with Crippen molar-refractivity contribution in [2.45, 2.75) is 33.4 Å². The lowest BCUT2D eigenvalue weighted by Gasteiger charge is -2.15. The molecule has 0 aliphatic rings. The Kier molecular flexibility index (Phi) is 7.97. The average molecular weight is 438 g/mol. The zero-order chi connectivity index (χ0) is 19.8. The van der Waals surface area contributed by atoms with E-state index < -0.39 is 0 Å². The van der Waals surface area contributed by atoms with E-state index in [2.05, 4.69) is 49.6 Å². The van der Waals surface area contributed by atoms with Crippen LogP contribution in [0.1, 0.15) is 23.4 Å². The van der Waals surface area contributed by atoms with Crippen molar-refractivity contribution in [3.63, 3.8) is 0 Å². The Morgan fingerprint density at radius 2 is 1.85 bits per heavy atom. The van der Waals surface area contributed by atoms with Crippen molar-refractivity contribution < 1.29 is 9.47 Å². The van der Waals surface area contributed by atoms with Crippen molar-refractivity contribution in [1.82, 2.24) is 20.4 Å². The minimum atomic E-state index is 0.609. The fourth-order valence-corrected chi connectivity index (χ4v) is 3.23. The summed E-state index contributed by atoms with van der Waals surface area (Å²) in [6, 6.07) is 5.95. The van der Waals surface area contributed by atoms with Gasteiger partial charge in [-0.3, -0.25) is 9.67 Å². The van der Waals surface area contributed by atoms with Crippen molar-refractivity contribution >= 4 is 21.9 Å². The number of nitrogens with one attached hydrogen (secondary N) is 2. The van der Waals surface area contributed by atoms with Gasteiger partial charge in [-0.05, 0) is 44.0 Å². The molecule has 0 amide bonds. The second-order valence-corrected chi connectivity index (χ2v) is 7.01. The van der Waals surface area contributed by atoms with Gasteiger partial charge in [-0.2, -0.15) is 5.10 Å². The zero-order valence-corrected chi connectivity index (χ0v) is 18.2. The predicted octanol–water partition coefficient (Wildman–Crippen LogP) is 3.03. The Labute approximate surface area is 169 Å². The molecule has 0 saturated carbocycles. The zero-order valence-electron chi connectivity index (χ0n) is 16.6. The van der Waals surface area contributed by atoms with Gasteiger partial charge in [-0.25, -0.2) is 0 Å². The van der Waals surface area contributed by atoms with E-state index in [1.54, 1.807) is 21.3 Å². The summed E-state index contributed by atoms with van der Waals surface area (Å²) in [5.41, 5.74) is 3.30. The molecule has 0 radical (unpaired) electrons. The lowest BCUT2D eigenvalue weighted by atomic mass is 10.2. The quantitative estimate of drug-likeness (QED) is 0.377. The molecule has 0 unspecified atom stereocenters. The number of halogens is 1. The Bertz CT molecular complexity index is 789. The van der Waals surface area contributed by atoms with Crippen LogP contribution in [0.2, 0.25) is 0 Å². The van der Waals surface area contributed by atoms with E-state index in [9.17, 15) is 0 Å². The van der Waals surface area contributed by atoms with E-state index in [0.29, 0.717) is 18.0 Å². The molecular formula is C19H28BrN5O2. The van der Waals surface area contributed by atoms with E-state index >= 15 is 0 Å². The van der Waals surface area contributed by atoms with E-state index in [0.717, 1.165) is 41.2 Å². The number of benzene rings is 1. The second kappa shape index (κ2) is 10.2. The highest BCUT2D eigenvalue weighted by Crippen LogP contribution is 2.33. The third kappa shape index (κ3) is 5.89. The van der Waals surface area contributed by atoms with Crippen LogP contribution in [0, 0.1) is 13.8 Å². The van der Waals surface area contributed by atoms with Crippen molar-refractivity contribution in [1.29, 1.82) is 0 Å². The van der Waals surface area contributed by atoms with Crippen LogP contribution in [-0.4, -0.2) is 43.6 Å². The predicted molar refractivity (Wildman–Crippen MR) is 112 cm³/mol. The van der Waals surface area contributed by atoms with Gasteiger partial charge in [0.25, 0.3) is 0 Å². The second-order valence-electron chi connectivity index (χ2n) is 6.15. The number of ether oxygens (including phenoxy) is 2. The first-order chi connectivity index (χ1) is 13.0. The van der Waals surface area contributed by atoms with Gasteiger partial charge in [0.1, 0.15) is 0 Å². The van der Waals surface area contributed by atoms with E-state index in [4.69, 9.17) is 9.47 Å². The number of guanidine groups is 1. The molecule has 2 aromatic rings. The number of nitrogens with zero attached hydrogens (tertiary/aromatic N) is 3. The van der Waals surface area contributed by atoms with Gasteiger partial charge in [0.15, 0.2) is 17.5 Å². The summed E-state index contributed by atoms with van der Waals surface area (Å²) < 4.78 is 13.7. The van der Waals surface area contributed by atoms with Gasteiger partial charge in [0.2, 0.25) is 0 Å². The Hall–Kier alpha value is -2.22. The lowest BCUT2D eigenvalue weighted by Crippen LogP contribution is -2.37. The van der Waals surface area contributed by atoms with E-state index in [-0.39, 0.29) is 0 Å². The minimum absolute atomic E-state index is 0.609. The van der Waals surface area contributed by atoms with Crippen LogP contribution in [0.5, 0.6) is 11.5 Å². The molecule has 27 heavy (non-hydrogen) atoms. The fraction of sp³-hybridized carbons (Fsp3) is 0.474. The Balaban J connectivity index is 1.84. The van der Waals surface area contributed by atoms with Crippen LogP contribution in [0.15, 0.2) is 27.7 Å². The maximum absolute atomic E-state index is 5.37. The molecule has 2 rings (SSSR count). The number of aromatic nitrogens is 2. The molecule has 0 spiro atoms. The minimum Gasteiger partial charge on any atom is -0.493 e. The molecule has 0 saturated heterocycles. The van der Waals surface area contributed by atoms with E-state index in [1.807, 2.05) is 23.7 Å². The molecule has 0 bridgehead atoms. The first-order valence-corrected chi connectivity index (χ1v) is 9.63. The molecular weight excluding hydrogens is 410 g/mol. The molecule has 1 heterocycles. The third-order valence-electron chi connectivity index (χ3n) is 4.16. The molecule has 1 aromatic carbocycles. The molecule has 0 aliphatic carbocycles. The van der Waals surface area contributed by atoms with Gasteiger partial charge in [0, 0.05) is 36.8 Å². The van der Waals surface area contributed by atoms with Gasteiger partial charge < -0.3 is 20.1 Å². The smallest absolute Gasteiger partial charge is 0.191 e. The van der Waals surface area contributed by atoms with Crippen molar-refractivity contribution in [3.05, 3.63) is 39.6 Å². The van der Waals surface area contributed by atoms with Gasteiger partial charge in [-0.15, -0.1) is 0 Å². The normalized spacial score (nSPS) is 11.4. The van der Waals surface area contributed by atoms with Crippen LogP contribution in [0.3, 0.4) is 0 Å². The molecule has 148 valence electrons. The number of rotatable bonds is 8. The maximum Gasteiger partial charge on any atom is 0.191 e. The van der Waals surface area contributed by atoms with Gasteiger partial charge >= 0.3 is 0 Å². The molecule has 2 N–H and O–H groups in total. The summed E-state index contributed by atoms with van der Waals surface area (Å²) in [6.45, 7) is 6.39. The summed E-state index contributed by atoms with van der Waals surface area (Å²) in [6.07, 6.45) is 0.961. The highest BCUT2D eigenvalue weighted by Gasteiger charge is 2.10. The number of aryl methyl sites for hydroxylation is 3. The van der Waals surface area contributed by atoms with Gasteiger partial charge in [-0.1, -0.05) is 15.9 Å². The molecule has 0 aliphatic heterocycles. The fourth-order valence-electron chi connectivity index (χ4n) is 2.77. The monoisotopic (exact) mass is 437 g/mol. The summed E-state index contributed by atoms with van der Waals surface area (Å²) in [5.74, 6) is 2.15. The average Bonchev–Trinajstić information content (AvgIpc) is 2.98. The summed E-state index contributed by atoms with van der Waals surface area (Å²) in [4.78, 5) is 4.28. The largest absolute Gasteiger partial charge is 0.493 e. The number of hydrogen-bond acceptors (Lipinski definition) is 4. The molecule has 8 heteroatoms. The first-order valence-electron chi connectivity index (χ1n) is 8.84. The Morgan fingerprint density at radius 1 is 1.15 bits per heavy atom. The molecule has 7 nitrogen and oxygen atoms in total. The van der Waals surface area contributed by atoms with Crippen molar-refractivity contribution in [2.24, 2.45) is 4.99 Å². The van der Waals surface area contributed by atoms with Gasteiger partial charge in [0.05, 0.1) is 19.9 Å². The molecule has 0 atom stereocenters. The summed E-state index contributed by atoms with van der Waals surface area (Å²) in [7, 11) is 5.02. The topological polar surface area (TPSA) is 72.7 Å². The Morgan fingerprint density at radius 3 is 2.44 bits per heavy atom. The number of aliphatic imine (C=N–C) groups is 1. The third-order valence-corrected chi connectivity index (χ3v) is 4.90. The molecule has 0 fully saturated rings. The van der Waals surface area contributed by atoms with Crippen LogP contribution in [0.25, 0.3) is 0 Å². The summed E-state index contributed by atoms with van der Waals surface area (Å²) >= 11 is 3.58. The highest BCUT2D eigenvalue weighted by atomic mass is 79.9. The highest BCUT2D eigenvalue weighted by molar-refractivity contribution is 9.10. The molecule has 1 aromatic heterocycles. The van der Waals surface area contributed by atoms with E-state index in [1.165, 1.54) is 5.69 Å². The summed E-state index contributed by atoms with van der Waals surface area (Å²) in [5, 5.41) is 11.1. The van der Waals surface area contributed by atoms with Crippen LogP contribution < -0.4 is 20.1 Å². The first kappa shape index (κ1) is 21.1. The van der Waals surface area contributed by atoms with Crippen molar-refractivity contribution in [3.8, 4) is 11.5 Å². The number of hydrogen-bond donors (Lipinski definition) is 2. The van der Waals surface area contributed by atoms with Crippen molar-refractivity contribution in [2.75, 3.05) is 27.8 Å². The van der Waals surface area contributed by atoms with Crippen LogP contribution >= 0.6 is 15.9 Å².